The molecule has 0 aromatic carbocycles. The summed E-state index contributed by atoms with van der Waals surface area (Å²) in [4.78, 5) is 3.94. The maximum Gasteiger partial charge on any atom is 0.244 e. The molecule has 0 aliphatic carbocycles. The Morgan fingerprint density at radius 3 is 2.85 bits per heavy atom. The predicted molar refractivity (Wildman–Crippen MR) is 78.5 cm³/mol. The fourth-order valence-corrected chi connectivity index (χ4v) is 4.19. The minimum absolute atomic E-state index is 0.00491. The van der Waals surface area contributed by atoms with Crippen LogP contribution in [0.1, 0.15) is 20.3 Å². The molecule has 1 aromatic rings. The second-order valence-corrected chi connectivity index (χ2v) is 7.50. The molecule has 2 rings (SSSR count). The first-order valence-electron chi connectivity index (χ1n) is 6.06. The number of aromatic nitrogens is 1. The number of nitrogens with one attached hydrogen (secondary N) is 2. The van der Waals surface area contributed by atoms with Crippen LogP contribution in [0.4, 0.5) is 5.82 Å². The van der Waals surface area contributed by atoms with Crippen molar-refractivity contribution >= 4 is 31.8 Å². The van der Waals surface area contributed by atoms with E-state index in [4.69, 9.17) is 10.6 Å². The van der Waals surface area contributed by atoms with Gasteiger partial charge in [0.1, 0.15) is 4.90 Å². The zero-order valence-electron chi connectivity index (χ0n) is 11.2. The van der Waals surface area contributed by atoms with Gasteiger partial charge in [-0.1, -0.05) is 0 Å². The van der Waals surface area contributed by atoms with Gasteiger partial charge in [-0.05, 0) is 42.3 Å². The molecule has 0 radical (unpaired) electrons. The lowest BCUT2D eigenvalue weighted by molar-refractivity contribution is 0.0957. The van der Waals surface area contributed by atoms with Gasteiger partial charge in [0, 0.05) is 17.3 Å². The average Bonchev–Trinajstić information content (AvgIpc) is 2.68. The van der Waals surface area contributed by atoms with Gasteiger partial charge in [0.15, 0.2) is 5.82 Å². The molecule has 1 saturated heterocycles. The van der Waals surface area contributed by atoms with E-state index in [0.29, 0.717) is 17.5 Å². The molecule has 1 aliphatic rings. The van der Waals surface area contributed by atoms with Crippen LogP contribution in [0, 0.1) is 0 Å². The summed E-state index contributed by atoms with van der Waals surface area (Å²) in [6.07, 6.45) is 1.88. The first kappa shape index (κ1) is 15.6. The van der Waals surface area contributed by atoms with Crippen molar-refractivity contribution in [2.24, 2.45) is 5.84 Å². The Morgan fingerprint density at radius 2 is 2.30 bits per heavy atom. The lowest BCUT2D eigenvalue weighted by atomic mass is 9.97. The van der Waals surface area contributed by atoms with Crippen LogP contribution in [0.3, 0.4) is 0 Å². The average molecular weight is 365 g/mol. The number of hydrogen-bond acceptors (Lipinski definition) is 6. The largest absolute Gasteiger partial charge is 0.376 e. The molecule has 1 aliphatic heterocycles. The zero-order valence-corrected chi connectivity index (χ0v) is 13.6. The van der Waals surface area contributed by atoms with Crippen LogP contribution in [-0.2, 0) is 14.8 Å². The molecule has 4 N–H and O–H groups in total. The van der Waals surface area contributed by atoms with Crippen molar-refractivity contribution in [1.29, 1.82) is 0 Å². The monoisotopic (exact) mass is 364 g/mol. The molecular weight excluding hydrogens is 348 g/mol. The van der Waals surface area contributed by atoms with Crippen molar-refractivity contribution in [2.75, 3.05) is 12.0 Å². The predicted octanol–water partition coefficient (Wildman–Crippen LogP) is 0.975. The standard InChI is InChI=1S/C11H17BrN4O3S/c1-7-11(2,3-4-19-7)16-20(17,18)9-5-8(12)6-14-10(9)15-13/h5-7,16H,3-4,13H2,1-2H3,(H,14,15). The van der Waals surface area contributed by atoms with E-state index in [1.54, 1.807) is 0 Å². The van der Waals surface area contributed by atoms with Crippen molar-refractivity contribution in [3.05, 3.63) is 16.7 Å². The molecular formula is C11H17BrN4O3S. The number of pyridine rings is 1. The van der Waals surface area contributed by atoms with Gasteiger partial charge in [-0.25, -0.2) is 24.0 Å². The van der Waals surface area contributed by atoms with Gasteiger partial charge in [0.05, 0.1) is 11.6 Å². The second kappa shape index (κ2) is 5.57. The summed E-state index contributed by atoms with van der Waals surface area (Å²) < 4.78 is 33.8. The molecule has 0 spiro atoms. The summed E-state index contributed by atoms with van der Waals surface area (Å²) in [6.45, 7) is 4.19. The maximum atomic E-state index is 12.5. The molecule has 9 heteroatoms. The molecule has 1 fully saturated rings. The molecule has 2 atom stereocenters. The van der Waals surface area contributed by atoms with Gasteiger partial charge in [0.2, 0.25) is 10.0 Å². The smallest absolute Gasteiger partial charge is 0.244 e. The highest BCUT2D eigenvalue weighted by molar-refractivity contribution is 9.10. The molecule has 2 unspecified atom stereocenters. The zero-order chi connectivity index (χ0) is 15.0. The molecule has 112 valence electrons. The van der Waals surface area contributed by atoms with Crippen LogP contribution < -0.4 is 16.0 Å². The SMILES string of the molecule is CC1OCCC1(C)NS(=O)(=O)c1cc(Br)cnc1NN. The second-order valence-electron chi connectivity index (χ2n) is 4.93. The number of nitrogen functional groups attached to an aromatic ring is 1. The fourth-order valence-electron chi connectivity index (χ4n) is 2.06. The van der Waals surface area contributed by atoms with E-state index >= 15 is 0 Å². The third kappa shape index (κ3) is 2.96. The normalized spacial score (nSPS) is 26.7. The summed E-state index contributed by atoms with van der Waals surface area (Å²) in [5.41, 5.74) is 1.65. The highest BCUT2D eigenvalue weighted by Crippen LogP contribution is 2.29. The first-order valence-corrected chi connectivity index (χ1v) is 8.34. The summed E-state index contributed by atoms with van der Waals surface area (Å²) in [6, 6.07) is 1.45. The number of anilines is 1. The van der Waals surface area contributed by atoms with Crippen LogP contribution in [0.2, 0.25) is 0 Å². The van der Waals surface area contributed by atoms with Crippen molar-refractivity contribution in [3.63, 3.8) is 0 Å². The van der Waals surface area contributed by atoms with Crippen LogP contribution in [0.5, 0.6) is 0 Å². The van der Waals surface area contributed by atoms with E-state index in [0.717, 1.165) is 0 Å². The van der Waals surface area contributed by atoms with Crippen LogP contribution >= 0.6 is 15.9 Å². The number of rotatable bonds is 4. The van der Waals surface area contributed by atoms with Crippen molar-refractivity contribution < 1.29 is 13.2 Å². The van der Waals surface area contributed by atoms with Gasteiger partial charge in [-0.15, -0.1) is 0 Å². The highest BCUT2D eigenvalue weighted by Gasteiger charge is 2.41. The number of hydrogen-bond donors (Lipinski definition) is 3. The van der Waals surface area contributed by atoms with E-state index < -0.39 is 15.6 Å². The third-order valence-corrected chi connectivity index (χ3v) is 5.56. The van der Waals surface area contributed by atoms with Crippen molar-refractivity contribution in [2.45, 2.75) is 36.8 Å². The van der Waals surface area contributed by atoms with Crippen LogP contribution in [-0.4, -0.2) is 31.7 Å². The minimum atomic E-state index is -3.77. The van der Waals surface area contributed by atoms with Gasteiger partial charge in [0.25, 0.3) is 0 Å². The topological polar surface area (TPSA) is 106 Å². The number of nitrogens with two attached hydrogens (primary N) is 1. The number of hydrazine groups is 1. The Morgan fingerprint density at radius 1 is 1.60 bits per heavy atom. The summed E-state index contributed by atoms with van der Waals surface area (Å²) in [7, 11) is -3.77. The van der Waals surface area contributed by atoms with Crippen LogP contribution in [0.15, 0.2) is 21.6 Å². The Balaban J connectivity index is 2.38. The van der Waals surface area contributed by atoms with Gasteiger partial charge in [-0.2, -0.15) is 0 Å². The van der Waals surface area contributed by atoms with E-state index in [1.165, 1.54) is 12.3 Å². The van der Waals surface area contributed by atoms with E-state index in [-0.39, 0.29) is 16.8 Å². The van der Waals surface area contributed by atoms with Crippen molar-refractivity contribution in [3.8, 4) is 0 Å². The number of nitrogens with zero attached hydrogens (tertiary/aromatic N) is 1. The van der Waals surface area contributed by atoms with Gasteiger partial charge < -0.3 is 10.2 Å². The quantitative estimate of drug-likeness (QED) is 0.542. The van der Waals surface area contributed by atoms with E-state index in [9.17, 15) is 8.42 Å². The molecule has 20 heavy (non-hydrogen) atoms. The molecule has 0 saturated carbocycles. The highest BCUT2D eigenvalue weighted by atomic mass is 79.9. The Labute approximate surface area is 126 Å². The maximum absolute atomic E-state index is 12.5. The Hall–Kier alpha value is -0.740. The number of ether oxygens (including phenoxy) is 1. The summed E-state index contributed by atoms with van der Waals surface area (Å²) >= 11 is 3.21. The number of sulfonamides is 1. The lowest BCUT2D eigenvalue weighted by Gasteiger charge is -2.28. The van der Waals surface area contributed by atoms with Gasteiger partial charge >= 0.3 is 0 Å². The molecule has 0 bridgehead atoms. The molecule has 0 amide bonds. The minimum Gasteiger partial charge on any atom is -0.376 e. The van der Waals surface area contributed by atoms with E-state index in [1.807, 2.05) is 13.8 Å². The first-order chi connectivity index (χ1) is 9.28. The van der Waals surface area contributed by atoms with Crippen molar-refractivity contribution in [1.82, 2.24) is 9.71 Å². The Bertz CT molecular complexity index is 610. The fraction of sp³-hybridized carbons (Fsp3) is 0.545. The summed E-state index contributed by atoms with van der Waals surface area (Å²) in [5.74, 6) is 5.41. The Kier molecular flexibility index (Phi) is 4.35. The van der Waals surface area contributed by atoms with Crippen LogP contribution in [0.25, 0.3) is 0 Å². The molecule has 7 nitrogen and oxygen atoms in total. The third-order valence-electron chi connectivity index (χ3n) is 3.50. The molecule has 2 heterocycles. The van der Waals surface area contributed by atoms with E-state index in [2.05, 4.69) is 31.1 Å². The van der Waals surface area contributed by atoms with Gasteiger partial charge in [-0.3, -0.25) is 0 Å². The molecule has 1 aromatic heterocycles. The summed E-state index contributed by atoms with van der Waals surface area (Å²) in [5, 5.41) is 0. The lowest BCUT2D eigenvalue weighted by Crippen LogP contribution is -2.50. The number of halogens is 1.